The van der Waals surface area contributed by atoms with Crippen LogP contribution in [0, 0.1) is 5.92 Å². The standard InChI is InChI=1S/C14H20N2O3S2/c1-16(2)21(18,19)14-8-7-12(20-14)10-15-13(17)9-11-5-3-4-6-11/h3,5,7-8,11H,4,6,9-10H2,1-2H3,(H,15,17)/t11-/m0/s1. The van der Waals surface area contributed by atoms with Crippen LogP contribution in [-0.4, -0.2) is 32.7 Å². The van der Waals surface area contributed by atoms with Crippen LogP contribution in [-0.2, 0) is 21.4 Å². The van der Waals surface area contributed by atoms with E-state index in [2.05, 4.69) is 17.5 Å². The lowest BCUT2D eigenvalue weighted by atomic mass is 10.1. The quantitative estimate of drug-likeness (QED) is 0.812. The number of nitrogens with zero attached hydrogens (tertiary/aromatic N) is 1. The highest BCUT2D eigenvalue weighted by Gasteiger charge is 2.20. The summed E-state index contributed by atoms with van der Waals surface area (Å²) in [7, 11) is -0.372. The molecule has 1 aromatic heterocycles. The van der Waals surface area contributed by atoms with Crippen LogP contribution in [0.2, 0.25) is 0 Å². The van der Waals surface area contributed by atoms with Crippen LogP contribution < -0.4 is 5.32 Å². The second-order valence-corrected chi connectivity index (χ2v) is 8.80. The molecule has 0 aliphatic heterocycles. The topological polar surface area (TPSA) is 66.5 Å². The minimum absolute atomic E-state index is 0.0111. The molecular weight excluding hydrogens is 308 g/mol. The van der Waals surface area contributed by atoms with E-state index < -0.39 is 10.0 Å². The van der Waals surface area contributed by atoms with Gasteiger partial charge in [-0.2, -0.15) is 0 Å². The maximum atomic E-state index is 12.0. The first-order chi connectivity index (χ1) is 9.89. The molecule has 5 nitrogen and oxygen atoms in total. The lowest BCUT2D eigenvalue weighted by molar-refractivity contribution is -0.121. The lowest BCUT2D eigenvalue weighted by Crippen LogP contribution is -2.24. The van der Waals surface area contributed by atoms with E-state index >= 15 is 0 Å². The molecule has 0 unspecified atom stereocenters. The zero-order valence-corrected chi connectivity index (χ0v) is 13.8. The van der Waals surface area contributed by atoms with E-state index in [0.717, 1.165) is 17.7 Å². The minimum atomic E-state index is -3.38. The number of rotatable bonds is 6. The average molecular weight is 328 g/mol. The van der Waals surface area contributed by atoms with Crippen LogP contribution in [0.5, 0.6) is 0 Å². The number of carbonyl (C=O) groups is 1. The van der Waals surface area contributed by atoms with E-state index in [1.54, 1.807) is 12.1 Å². The molecule has 1 N–H and O–H groups in total. The van der Waals surface area contributed by atoms with Crippen molar-refractivity contribution >= 4 is 27.3 Å². The summed E-state index contributed by atoms with van der Waals surface area (Å²) in [5.41, 5.74) is 0. The molecule has 1 aliphatic carbocycles. The van der Waals surface area contributed by atoms with E-state index in [1.165, 1.54) is 29.7 Å². The molecule has 0 bridgehead atoms. The highest BCUT2D eigenvalue weighted by atomic mass is 32.2. The number of allylic oxidation sites excluding steroid dienone is 2. The van der Waals surface area contributed by atoms with Crippen molar-refractivity contribution < 1.29 is 13.2 Å². The molecule has 0 aromatic carbocycles. The molecule has 1 aliphatic rings. The fourth-order valence-electron chi connectivity index (χ4n) is 2.13. The van der Waals surface area contributed by atoms with Gasteiger partial charge in [0.2, 0.25) is 5.91 Å². The van der Waals surface area contributed by atoms with Crippen molar-refractivity contribution in [2.24, 2.45) is 5.92 Å². The number of nitrogens with one attached hydrogen (secondary N) is 1. The second kappa shape index (κ2) is 6.72. The van der Waals surface area contributed by atoms with Gasteiger partial charge in [-0.25, -0.2) is 12.7 Å². The summed E-state index contributed by atoms with van der Waals surface area (Å²) in [6, 6.07) is 3.33. The molecule has 1 amide bonds. The molecular formula is C14H20N2O3S2. The summed E-state index contributed by atoms with van der Waals surface area (Å²) in [5, 5.41) is 2.85. The van der Waals surface area contributed by atoms with E-state index in [9.17, 15) is 13.2 Å². The van der Waals surface area contributed by atoms with E-state index in [4.69, 9.17) is 0 Å². The molecule has 0 saturated heterocycles. The number of sulfonamides is 1. The van der Waals surface area contributed by atoms with Crippen molar-refractivity contribution in [1.29, 1.82) is 0 Å². The van der Waals surface area contributed by atoms with Gasteiger partial charge in [-0.1, -0.05) is 12.2 Å². The SMILES string of the molecule is CN(C)S(=O)(=O)c1ccc(CNC(=O)C[C@H]2C=CCC2)s1. The van der Waals surface area contributed by atoms with Crippen molar-refractivity contribution in [2.45, 2.75) is 30.0 Å². The van der Waals surface area contributed by atoms with Crippen LogP contribution in [0.4, 0.5) is 0 Å². The highest BCUT2D eigenvalue weighted by Crippen LogP contribution is 2.24. The third-order valence-corrected chi connectivity index (χ3v) is 6.76. The van der Waals surface area contributed by atoms with Gasteiger partial charge in [0.15, 0.2) is 0 Å². The predicted molar refractivity (Wildman–Crippen MR) is 83.5 cm³/mol. The highest BCUT2D eigenvalue weighted by molar-refractivity contribution is 7.91. The molecule has 0 spiro atoms. The van der Waals surface area contributed by atoms with Crippen molar-refractivity contribution in [3.8, 4) is 0 Å². The van der Waals surface area contributed by atoms with Gasteiger partial charge in [-0.3, -0.25) is 4.79 Å². The Hall–Kier alpha value is -1.18. The Morgan fingerprint density at radius 3 is 2.81 bits per heavy atom. The molecule has 116 valence electrons. The molecule has 21 heavy (non-hydrogen) atoms. The van der Waals surface area contributed by atoms with Gasteiger partial charge < -0.3 is 5.32 Å². The summed E-state index contributed by atoms with van der Waals surface area (Å²) < 4.78 is 25.4. The number of amides is 1. The van der Waals surface area contributed by atoms with Gasteiger partial charge in [0.05, 0.1) is 6.54 Å². The lowest BCUT2D eigenvalue weighted by Gasteiger charge is -2.09. The smallest absolute Gasteiger partial charge is 0.252 e. The molecule has 0 radical (unpaired) electrons. The van der Waals surface area contributed by atoms with E-state index in [1.807, 2.05) is 0 Å². The minimum Gasteiger partial charge on any atom is -0.351 e. The molecule has 1 aromatic rings. The average Bonchev–Trinajstić information content (AvgIpc) is 3.07. The maximum Gasteiger partial charge on any atom is 0.252 e. The number of thiophene rings is 1. The Bertz CT molecular complexity index is 632. The van der Waals surface area contributed by atoms with Gasteiger partial charge in [0, 0.05) is 25.4 Å². The van der Waals surface area contributed by atoms with Crippen molar-refractivity contribution in [3.63, 3.8) is 0 Å². The molecule has 0 fully saturated rings. The summed E-state index contributed by atoms with van der Waals surface area (Å²) >= 11 is 1.19. The van der Waals surface area contributed by atoms with Crippen molar-refractivity contribution in [2.75, 3.05) is 14.1 Å². The van der Waals surface area contributed by atoms with Crippen LogP contribution >= 0.6 is 11.3 Å². The molecule has 2 rings (SSSR count). The van der Waals surface area contributed by atoms with Gasteiger partial charge in [0.1, 0.15) is 4.21 Å². The van der Waals surface area contributed by atoms with E-state index in [0.29, 0.717) is 23.1 Å². The third kappa shape index (κ3) is 4.15. The summed E-state index contributed by atoms with van der Waals surface area (Å²) in [6.45, 7) is 0.378. The van der Waals surface area contributed by atoms with Gasteiger partial charge >= 0.3 is 0 Å². The predicted octanol–water partition coefficient (Wildman–Crippen LogP) is 1.97. The largest absolute Gasteiger partial charge is 0.351 e. The first kappa shape index (κ1) is 16.2. The van der Waals surface area contributed by atoms with Crippen molar-refractivity contribution in [1.82, 2.24) is 9.62 Å². The second-order valence-electron chi connectivity index (χ2n) is 5.25. The Morgan fingerprint density at radius 1 is 1.43 bits per heavy atom. The Kier molecular flexibility index (Phi) is 5.18. The van der Waals surface area contributed by atoms with Crippen molar-refractivity contribution in [3.05, 3.63) is 29.2 Å². The Morgan fingerprint density at radius 2 is 2.19 bits per heavy atom. The summed E-state index contributed by atoms with van der Waals surface area (Å²) in [4.78, 5) is 12.7. The fourth-order valence-corrected chi connectivity index (χ4v) is 4.60. The zero-order valence-electron chi connectivity index (χ0n) is 12.2. The summed E-state index contributed by atoms with van der Waals surface area (Å²) in [5.74, 6) is 0.356. The normalized spacial score (nSPS) is 18.3. The van der Waals surface area contributed by atoms with E-state index in [-0.39, 0.29) is 5.91 Å². The molecule has 1 heterocycles. The molecule has 0 saturated carbocycles. The molecule has 7 heteroatoms. The molecule has 1 atom stereocenters. The number of hydrogen-bond donors (Lipinski definition) is 1. The first-order valence-electron chi connectivity index (χ1n) is 6.84. The van der Waals surface area contributed by atoms with Gasteiger partial charge in [0.25, 0.3) is 10.0 Å². The third-order valence-electron chi connectivity index (χ3n) is 3.39. The first-order valence-corrected chi connectivity index (χ1v) is 9.10. The zero-order chi connectivity index (χ0) is 15.5. The number of carbonyl (C=O) groups excluding carboxylic acids is 1. The summed E-state index contributed by atoms with van der Waals surface area (Å²) in [6.07, 6.45) is 6.79. The van der Waals surface area contributed by atoms with Crippen LogP contribution in [0.3, 0.4) is 0 Å². The Balaban J connectivity index is 1.88. The van der Waals surface area contributed by atoms with Crippen LogP contribution in [0.1, 0.15) is 24.1 Å². The van der Waals surface area contributed by atoms with Gasteiger partial charge in [-0.15, -0.1) is 11.3 Å². The maximum absolute atomic E-state index is 12.0. The van der Waals surface area contributed by atoms with Crippen LogP contribution in [0.25, 0.3) is 0 Å². The monoisotopic (exact) mass is 328 g/mol. The fraction of sp³-hybridized carbons (Fsp3) is 0.500. The Labute approximate surface area is 129 Å². The van der Waals surface area contributed by atoms with Crippen LogP contribution in [0.15, 0.2) is 28.5 Å². The van der Waals surface area contributed by atoms with Gasteiger partial charge in [-0.05, 0) is 30.9 Å². The number of hydrogen-bond acceptors (Lipinski definition) is 4.